The number of aliphatic carboxylic acids is 1. The zero-order valence-electron chi connectivity index (χ0n) is 18.3. The molecule has 174 valence electrons. The molecule has 0 saturated heterocycles. The van der Waals surface area contributed by atoms with Gasteiger partial charge in [0.05, 0.1) is 6.54 Å². The largest absolute Gasteiger partial charge is 0.489 e. The van der Waals surface area contributed by atoms with Gasteiger partial charge in [0.15, 0.2) is 0 Å². The van der Waals surface area contributed by atoms with Crippen molar-refractivity contribution in [1.29, 1.82) is 0 Å². The highest BCUT2D eigenvalue weighted by molar-refractivity contribution is 7.10. The molecule has 1 N–H and O–H groups in total. The van der Waals surface area contributed by atoms with E-state index in [0.29, 0.717) is 35.5 Å². The quantitative estimate of drug-likeness (QED) is 0.241. The number of thiophene rings is 1. The number of carboxylic acids is 1. The van der Waals surface area contributed by atoms with E-state index in [2.05, 4.69) is 23.6 Å². The summed E-state index contributed by atoms with van der Waals surface area (Å²) < 4.78 is 5.81. The fourth-order valence-electron chi connectivity index (χ4n) is 3.61. The minimum Gasteiger partial charge on any atom is -0.489 e. The van der Waals surface area contributed by atoms with Crippen LogP contribution in [0.15, 0.2) is 84.2 Å². The maximum atomic E-state index is 11.4. The predicted molar refractivity (Wildman–Crippen MR) is 139 cm³/mol. The molecule has 0 spiro atoms. The molecule has 0 unspecified atom stereocenters. The molecule has 7 heteroatoms. The molecule has 0 aliphatic rings. The first-order valence-corrected chi connectivity index (χ1v) is 12.3. The fourth-order valence-corrected chi connectivity index (χ4v) is 5.05. The number of hydrogen-bond donors (Lipinski definition) is 1. The van der Waals surface area contributed by atoms with E-state index in [1.165, 1.54) is 0 Å². The van der Waals surface area contributed by atoms with E-state index in [0.717, 1.165) is 27.1 Å². The summed E-state index contributed by atoms with van der Waals surface area (Å²) in [6, 6.07) is 25.4. The Morgan fingerprint density at radius 1 is 0.853 bits per heavy atom. The molecule has 4 aromatic rings. The smallest absolute Gasteiger partial charge is 0.317 e. The van der Waals surface area contributed by atoms with Gasteiger partial charge < -0.3 is 9.84 Å². The monoisotopic (exact) mass is 511 g/mol. The first-order valence-electron chi connectivity index (χ1n) is 10.7. The molecule has 1 aromatic heterocycles. The normalized spacial score (nSPS) is 11.0. The van der Waals surface area contributed by atoms with Crippen molar-refractivity contribution >= 4 is 40.5 Å². The van der Waals surface area contributed by atoms with E-state index in [1.807, 2.05) is 47.4 Å². The zero-order chi connectivity index (χ0) is 23.9. The maximum absolute atomic E-state index is 11.4. The Morgan fingerprint density at radius 2 is 1.56 bits per heavy atom. The Morgan fingerprint density at radius 3 is 2.24 bits per heavy atom. The van der Waals surface area contributed by atoms with Gasteiger partial charge in [-0.15, -0.1) is 11.3 Å². The third kappa shape index (κ3) is 7.08. The second kappa shape index (κ2) is 11.5. The highest BCUT2D eigenvalue weighted by Gasteiger charge is 2.13. The molecule has 0 amide bonds. The number of benzene rings is 3. The van der Waals surface area contributed by atoms with Crippen LogP contribution in [-0.4, -0.2) is 22.5 Å². The number of hydrogen-bond acceptors (Lipinski definition) is 4. The highest BCUT2D eigenvalue weighted by Crippen LogP contribution is 2.28. The van der Waals surface area contributed by atoms with Crippen LogP contribution in [-0.2, 0) is 24.5 Å². The highest BCUT2D eigenvalue weighted by atomic mass is 35.5. The van der Waals surface area contributed by atoms with Crippen molar-refractivity contribution in [1.82, 2.24) is 4.90 Å². The Labute approximate surface area is 213 Å². The van der Waals surface area contributed by atoms with Gasteiger partial charge in [0, 0.05) is 28.0 Å². The Kier molecular flexibility index (Phi) is 8.25. The van der Waals surface area contributed by atoms with E-state index >= 15 is 0 Å². The van der Waals surface area contributed by atoms with Crippen LogP contribution in [0.3, 0.4) is 0 Å². The number of rotatable bonds is 10. The lowest BCUT2D eigenvalue weighted by atomic mass is 10.1. The van der Waals surface area contributed by atoms with Crippen LogP contribution in [0, 0.1) is 0 Å². The number of ether oxygens (including phenoxy) is 1. The third-order valence-electron chi connectivity index (χ3n) is 5.17. The lowest BCUT2D eigenvalue weighted by Gasteiger charge is -2.19. The lowest BCUT2D eigenvalue weighted by molar-refractivity contribution is -0.138. The van der Waals surface area contributed by atoms with Gasteiger partial charge in [0.2, 0.25) is 0 Å². The van der Waals surface area contributed by atoms with Gasteiger partial charge >= 0.3 is 5.97 Å². The summed E-state index contributed by atoms with van der Waals surface area (Å²) in [7, 11) is 0. The van der Waals surface area contributed by atoms with Crippen molar-refractivity contribution in [3.63, 3.8) is 0 Å². The first kappa shape index (κ1) is 24.3. The van der Waals surface area contributed by atoms with E-state index in [1.54, 1.807) is 29.5 Å². The Balaban J connectivity index is 1.39. The summed E-state index contributed by atoms with van der Waals surface area (Å²) in [4.78, 5) is 14.4. The molecule has 0 atom stereocenters. The summed E-state index contributed by atoms with van der Waals surface area (Å²) in [6.45, 7) is 1.58. The van der Waals surface area contributed by atoms with Crippen molar-refractivity contribution in [2.24, 2.45) is 0 Å². The fraction of sp³-hybridized carbons (Fsp3) is 0.148. The number of nitrogens with zero attached hydrogens (tertiary/aromatic N) is 1. The van der Waals surface area contributed by atoms with Crippen molar-refractivity contribution < 1.29 is 14.6 Å². The summed E-state index contributed by atoms with van der Waals surface area (Å²) in [5.41, 5.74) is 4.35. The van der Waals surface area contributed by atoms with Crippen molar-refractivity contribution in [2.45, 2.75) is 19.7 Å². The molecule has 0 bridgehead atoms. The second-order valence-corrected chi connectivity index (χ2v) is 9.79. The van der Waals surface area contributed by atoms with Crippen LogP contribution in [0.2, 0.25) is 10.0 Å². The molecule has 4 rings (SSSR count). The van der Waals surface area contributed by atoms with Gasteiger partial charge in [-0.25, -0.2) is 0 Å². The number of halogens is 2. The minimum atomic E-state index is -0.828. The van der Waals surface area contributed by atoms with Crippen molar-refractivity contribution in [3.8, 4) is 16.9 Å². The predicted octanol–water partition coefficient (Wildman–Crippen LogP) is 7.39. The molecule has 1 heterocycles. The van der Waals surface area contributed by atoms with Crippen LogP contribution in [0.4, 0.5) is 0 Å². The van der Waals surface area contributed by atoms with Crippen LogP contribution in [0.5, 0.6) is 5.75 Å². The molecule has 0 aliphatic carbocycles. The molecule has 0 aliphatic heterocycles. The van der Waals surface area contributed by atoms with E-state index in [4.69, 9.17) is 27.9 Å². The molecule has 0 saturated carbocycles. The number of carboxylic acid groups (broad SMARTS) is 1. The Hall–Kier alpha value is -2.83. The van der Waals surface area contributed by atoms with Crippen molar-refractivity contribution in [3.05, 3.63) is 110 Å². The van der Waals surface area contributed by atoms with Gasteiger partial charge in [-0.05, 0) is 51.9 Å². The van der Waals surface area contributed by atoms with E-state index in [-0.39, 0.29) is 6.54 Å². The summed E-state index contributed by atoms with van der Waals surface area (Å²) in [5.74, 6) is -0.198. The standard InChI is InChI=1S/C27H23Cl2NO3S/c28-23-11-24(29)13-25(12-23)33-17-20-6-8-21(9-7-20)22-10-26(34-18-22)15-30(16-27(31)32)14-19-4-2-1-3-5-19/h1-13,18H,14-17H2,(H,31,32). The molecular weight excluding hydrogens is 489 g/mol. The minimum absolute atomic E-state index is 0.00529. The molecule has 4 nitrogen and oxygen atoms in total. The molecule has 3 aromatic carbocycles. The van der Waals surface area contributed by atoms with Gasteiger partial charge in [0.1, 0.15) is 12.4 Å². The zero-order valence-corrected chi connectivity index (χ0v) is 20.6. The lowest BCUT2D eigenvalue weighted by Crippen LogP contribution is -2.28. The summed E-state index contributed by atoms with van der Waals surface area (Å²) in [5, 5.41) is 12.5. The van der Waals surface area contributed by atoms with Crippen molar-refractivity contribution in [2.75, 3.05) is 6.54 Å². The van der Waals surface area contributed by atoms with Gasteiger partial charge in [-0.2, -0.15) is 0 Å². The second-order valence-electron chi connectivity index (χ2n) is 7.92. The third-order valence-corrected chi connectivity index (χ3v) is 6.53. The van der Waals surface area contributed by atoms with Gasteiger partial charge in [-0.1, -0.05) is 77.8 Å². The average molecular weight is 512 g/mol. The number of carbonyl (C=O) groups is 1. The molecule has 0 radical (unpaired) electrons. The van der Waals surface area contributed by atoms with E-state index in [9.17, 15) is 9.90 Å². The topological polar surface area (TPSA) is 49.8 Å². The SMILES string of the molecule is O=C(O)CN(Cc1ccccc1)Cc1cc(-c2ccc(COc3cc(Cl)cc(Cl)c3)cc2)cs1. The van der Waals surface area contributed by atoms with Crippen LogP contribution >= 0.6 is 34.5 Å². The van der Waals surface area contributed by atoms with Crippen LogP contribution in [0.1, 0.15) is 16.0 Å². The van der Waals surface area contributed by atoms with Gasteiger partial charge in [0.25, 0.3) is 0 Å². The molecule has 34 heavy (non-hydrogen) atoms. The van der Waals surface area contributed by atoms with E-state index < -0.39 is 5.97 Å². The Bertz CT molecular complexity index is 1220. The summed E-state index contributed by atoms with van der Waals surface area (Å²) in [6.07, 6.45) is 0. The maximum Gasteiger partial charge on any atom is 0.317 e. The summed E-state index contributed by atoms with van der Waals surface area (Å²) >= 11 is 13.7. The van der Waals surface area contributed by atoms with Crippen LogP contribution in [0.25, 0.3) is 11.1 Å². The average Bonchev–Trinajstić information content (AvgIpc) is 3.26. The first-order chi connectivity index (χ1) is 16.4. The molecule has 0 fully saturated rings. The molecular formula is C27H23Cl2NO3S. The van der Waals surface area contributed by atoms with Crippen LogP contribution < -0.4 is 4.74 Å². The van der Waals surface area contributed by atoms with Gasteiger partial charge in [-0.3, -0.25) is 9.69 Å².